The number of alkyl halides is 2. The van der Waals surface area contributed by atoms with Crippen LogP contribution in [-0.4, -0.2) is 94.4 Å². The zero-order chi connectivity index (χ0) is 38.3. The van der Waals surface area contributed by atoms with Crippen LogP contribution < -0.4 is 21.3 Å². The van der Waals surface area contributed by atoms with E-state index >= 15 is 0 Å². The molecule has 0 spiro atoms. The van der Waals surface area contributed by atoms with E-state index in [0.29, 0.717) is 25.7 Å². The fraction of sp³-hybridized carbons (Fsp3) is 0.800. The van der Waals surface area contributed by atoms with E-state index in [2.05, 4.69) is 27.8 Å². The standard InChI is InChI=1S/C35H59Cl2N5O7S/c1-10-12-16-24(26(43)29(45)38-19-11-2)39-28(44)25-20-35(36,37)23(3)21-42(25)30(46)27(32(4,5)6)40-31(47)41-34(17-14-13-15-18-34)22-50(48,49)33(7,8)9/h11,23-25,27H,2,10,12-22H2,1,3-9H3,(H,38,45)(H,39,44)(H2,40,41,47)/t23?,24?,25-,27+/m0/s1. The van der Waals surface area contributed by atoms with Crippen molar-refractivity contribution in [2.75, 3.05) is 18.8 Å². The zero-order valence-corrected chi connectivity index (χ0v) is 33.4. The maximum absolute atomic E-state index is 14.5. The van der Waals surface area contributed by atoms with E-state index in [0.717, 1.165) is 19.3 Å². The van der Waals surface area contributed by atoms with Crippen molar-refractivity contribution in [3.63, 3.8) is 0 Å². The lowest BCUT2D eigenvalue weighted by Gasteiger charge is -2.46. The van der Waals surface area contributed by atoms with E-state index in [1.54, 1.807) is 48.5 Å². The summed E-state index contributed by atoms with van der Waals surface area (Å²) in [6.07, 6.45) is 6.10. The molecule has 5 amide bonds. The second-order valence-electron chi connectivity index (χ2n) is 16.0. The van der Waals surface area contributed by atoms with Crippen molar-refractivity contribution in [1.82, 2.24) is 26.2 Å². The summed E-state index contributed by atoms with van der Waals surface area (Å²) < 4.78 is 24.2. The Balaban J connectivity index is 2.42. The second kappa shape index (κ2) is 17.4. The topological polar surface area (TPSA) is 171 Å². The molecule has 0 radical (unpaired) electrons. The van der Waals surface area contributed by atoms with Crippen LogP contribution in [0.1, 0.15) is 113 Å². The van der Waals surface area contributed by atoms with Gasteiger partial charge in [-0.15, -0.1) is 29.8 Å². The molecule has 0 bridgehead atoms. The molecule has 1 saturated carbocycles. The third kappa shape index (κ3) is 11.6. The minimum absolute atomic E-state index is 0.0268. The van der Waals surface area contributed by atoms with Crippen molar-refractivity contribution in [3.05, 3.63) is 12.7 Å². The van der Waals surface area contributed by atoms with Gasteiger partial charge in [-0.2, -0.15) is 0 Å². The van der Waals surface area contributed by atoms with Crippen LogP contribution in [0.15, 0.2) is 12.7 Å². The Morgan fingerprint density at radius 3 is 2.12 bits per heavy atom. The Bertz CT molecular complexity index is 1370. The summed E-state index contributed by atoms with van der Waals surface area (Å²) in [6.45, 7) is 17.5. The third-order valence-corrected chi connectivity index (χ3v) is 13.6. The number of likely N-dealkylation sites (tertiary alicyclic amines) is 1. The molecular formula is C35H59Cl2N5O7S. The van der Waals surface area contributed by atoms with Gasteiger partial charge in [0.05, 0.1) is 22.1 Å². The maximum atomic E-state index is 14.5. The van der Waals surface area contributed by atoms with Gasteiger partial charge in [-0.25, -0.2) is 13.2 Å². The SMILES string of the molecule is C=CCNC(=O)C(=O)C(CCCC)NC(=O)[C@@H]1CC(Cl)(Cl)C(C)CN1C(=O)[C@@H](NC(=O)NC1(CS(=O)(=O)C(C)(C)C)CCCCC1)C(C)(C)C. The van der Waals surface area contributed by atoms with Gasteiger partial charge in [-0.05, 0) is 45.4 Å². The van der Waals surface area contributed by atoms with Crippen LogP contribution in [0, 0.1) is 11.3 Å². The number of unbranched alkanes of at least 4 members (excludes halogenated alkanes) is 1. The largest absolute Gasteiger partial charge is 0.346 e. The van der Waals surface area contributed by atoms with Gasteiger partial charge in [0.1, 0.15) is 16.4 Å². The summed E-state index contributed by atoms with van der Waals surface area (Å²) in [4.78, 5) is 69.1. The van der Waals surface area contributed by atoms with Gasteiger partial charge >= 0.3 is 6.03 Å². The van der Waals surface area contributed by atoms with Gasteiger partial charge in [0.2, 0.25) is 17.6 Å². The summed E-state index contributed by atoms with van der Waals surface area (Å²) >= 11 is 13.3. The number of halogens is 2. The molecule has 1 aliphatic carbocycles. The number of sulfone groups is 1. The molecule has 1 aliphatic heterocycles. The molecular weight excluding hydrogens is 705 g/mol. The first kappa shape index (κ1) is 43.8. The Labute approximate surface area is 308 Å². The van der Waals surface area contributed by atoms with E-state index in [1.165, 1.54) is 11.0 Å². The van der Waals surface area contributed by atoms with Crippen LogP contribution >= 0.6 is 23.2 Å². The fourth-order valence-corrected chi connectivity index (χ4v) is 8.25. The van der Waals surface area contributed by atoms with E-state index in [-0.39, 0.29) is 31.7 Å². The molecule has 4 atom stereocenters. The lowest BCUT2D eigenvalue weighted by atomic mass is 9.82. The van der Waals surface area contributed by atoms with Crippen LogP contribution in [-0.2, 0) is 29.0 Å². The molecule has 2 rings (SSSR count). The molecule has 12 nitrogen and oxygen atoms in total. The molecule has 0 aromatic carbocycles. The number of nitrogens with zero attached hydrogens (tertiary/aromatic N) is 1. The molecule has 2 fully saturated rings. The number of carbonyl (C=O) groups excluding carboxylic acids is 5. The highest BCUT2D eigenvalue weighted by Crippen LogP contribution is 2.42. The molecule has 1 heterocycles. The summed E-state index contributed by atoms with van der Waals surface area (Å²) in [5, 5.41) is 10.9. The normalized spacial score (nSPS) is 22.0. The van der Waals surface area contributed by atoms with Gasteiger partial charge in [-0.3, -0.25) is 19.2 Å². The van der Waals surface area contributed by atoms with E-state index in [9.17, 15) is 32.4 Å². The first-order chi connectivity index (χ1) is 22.9. The predicted octanol–water partition coefficient (Wildman–Crippen LogP) is 4.57. The van der Waals surface area contributed by atoms with Gasteiger partial charge in [0, 0.05) is 25.4 Å². The highest BCUT2D eigenvalue weighted by Gasteiger charge is 2.50. The van der Waals surface area contributed by atoms with Crippen LogP contribution in [0.4, 0.5) is 4.79 Å². The first-order valence-corrected chi connectivity index (χ1v) is 20.0. The molecule has 50 heavy (non-hydrogen) atoms. The number of urea groups is 1. The van der Waals surface area contributed by atoms with Crippen molar-refractivity contribution < 1.29 is 32.4 Å². The van der Waals surface area contributed by atoms with Crippen LogP contribution in [0.3, 0.4) is 0 Å². The fourth-order valence-electron chi connectivity index (χ4n) is 6.29. The number of ketones is 1. The molecule has 286 valence electrons. The quantitative estimate of drug-likeness (QED) is 0.114. The van der Waals surface area contributed by atoms with Crippen LogP contribution in [0.25, 0.3) is 0 Å². The van der Waals surface area contributed by atoms with Gasteiger partial charge in [-0.1, -0.05) is 72.8 Å². The molecule has 0 aromatic rings. The lowest BCUT2D eigenvalue weighted by molar-refractivity contribution is -0.148. The van der Waals surface area contributed by atoms with E-state index < -0.39 is 83.5 Å². The summed E-state index contributed by atoms with van der Waals surface area (Å²) in [7, 11) is -3.60. The summed E-state index contributed by atoms with van der Waals surface area (Å²) in [6, 6.07) is -4.21. The minimum atomic E-state index is -3.60. The molecule has 0 aromatic heterocycles. The molecule has 1 saturated heterocycles. The van der Waals surface area contributed by atoms with Crippen molar-refractivity contribution in [2.45, 2.75) is 146 Å². The highest BCUT2D eigenvalue weighted by molar-refractivity contribution is 7.92. The van der Waals surface area contributed by atoms with E-state index in [4.69, 9.17) is 23.2 Å². The van der Waals surface area contributed by atoms with Gasteiger partial charge in [0.25, 0.3) is 5.91 Å². The third-order valence-electron chi connectivity index (χ3n) is 9.71. The Morgan fingerprint density at radius 1 is 1.00 bits per heavy atom. The maximum Gasteiger partial charge on any atom is 0.315 e. The zero-order valence-electron chi connectivity index (χ0n) is 31.0. The smallest absolute Gasteiger partial charge is 0.315 e. The average molecular weight is 765 g/mol. The molecule has 2 aliphatic rings. The Hall–Kier alpha value is -2.38. The number of rotatable bonds is 14. The predicted molar refractivity (Wildman–Crippen MR) is 198 cm³/mol. The van der Waals surface area contributed by atoms with Crippen molar-refractivity contribution in [3.8, 4) is 0 Å². The number of hydrogen-bond acceptors (Lipinski definition) is 7. The number of piperidine rings is 1. The lowest BCUT2D eigenvalue weighted by Crippen LogP contribution is -2.66. The summed E-state index contributed by atoms with van der Waals surface area (Å²) in [5.41, 5.74) is -1.86. The summed E-state index contributed by atoms with van der Waals surface area (Å²) in [5.74, 6) is -3.65. The Kier molecular flexibility index (Phi) is 15.3. The number of Topliss-reactive ketones (excluding diaryl/α,β-unsaturated/α-hetero) is 1. The Morgan fingerprint density at radius 2 is 1.60 bits per heavy atom. The molecule has 4 N–H and O–H groups in total. The van der Waals surface area contributed by atoms with Gasteiger partial charge in [0.15, 0.2) is 9.84 Å². The first-order valence-electron chi connectivity index (χ1n) is 17.6. The van der Waals surface area contributed by atoms with Crippen molar-refractivity contribution in [2.24, 2.45) is 11.3 Å². The monoisotopic (exact) mass is 763 g/mol. The highest BCUT2D eigenvalue weighted by atomic mass is 35.5. The number of carbonyl (C=O) groups is 5. The number of nitrogens with one attached hydrogen (secondary N) is 4. The average Bonchev–Trinajstić information content (AvgIpc) is 2.99. The minimum Gasteiger partial charge on any atom is -0.346 e. The van der Waals surface area contributed by atoms with E-state index in [1.807, 2.05) is 6.92 Å². The molecule has 15 heteroatoms. The van der Waals surface area contributed by atoms with Gasteiger partial charge < -0.3 is 26.2 Å². The van der Waals surface area contributed by atoms with Crippen LogP contribution in [0.2, 0.25) is 0 Å². The number of amides is 5. The van der Waals surface area contributed by atoms with Crippen LogP contribution in [0.5, 0.6) is 0 Å². The number of hydrogen-bond donors (Lipinski definition) is 4. The van der Waals surface area contributed by atoms with Crippen molar-refractivity contribution in [1.29, 1.82) is 0 Å². The van der Waals surface area contributed by atoms with Crippen molar-refractivity contribution >= 4 is 62.6 Å². The molecule has 2 unspecified atom stereocenters. The second-order valence-corrected chi connectivity index (χ2v) is 20.3.